The molecule has 0 N–H and O–H groups in total. The summed E-state index contributed by atoms with van der Waals surface area (Å²) in [6, 6.07) is 6.08. The molecule has 0 saturated heterocycles. The number of benzene rings is 1. The molecule has 1 aromatic rings. The van der Waals surface area contributed by atoms with Crippen LogP contribution in [0.15, 0.2) is 29.3 Å². The lowest BCUT2D eigenvalue weighted by Crippen LogP contribution is -1.92. The van der Waals surface area contributed by atoms with E-state index in [9.17, 15) is 0 Å². The number of aryl methyl sites for hydroxylation is 1. The summed E-state index contributed by atoms with van der Waals surface area (Å²) in [5.41, 5.74) is 5.46. The lowest BCUT2D eigenvalue weighted by Gasteiger charge is -2.08. The molecule has 0 aromatic heterocycles. The fourth-order valence-corrected chi connectivity index (χ4v) is 1.49. The maximum atomic E-state index is 5.96. The molecular weight excluding hydrogens is 192 g/mol. The van der Waals surface area contributed by atoms with Crippen LogP contribution >= 0.6 is 11.6 Å². The van der Waals surface area contributed by atoms with E-state index in [0.29, 0.717) is 0 Å². The van der Waals surface area contributed by atoms with E-state index in [1.165, 1.54) is 22.3 Å². The largest absolute Gasteiger partial charge is 0.0843 e. The van der Waals surface area contributed by atoms with Gasteiger partial charge in [-0.1, -0.05) is 28.8 Å². The van der Waals surface area contributed by atoms with Gasteiger partial charge in [-0.2, -0.15) is 0 Å². The molecule has 14 heavy (non-hydrogen) atoms. The second-order valence-electron chi connectivity index (χ2n) is 4.03. The number of allylic oxidation sites excluding steroid dienone is 2. The molecule has 1 rings (SSSR count). The second kappa shape index (κ2) is 4.65. The van der Waals surface area contributed by atoms with Crippen molar-refractivity contribution in [2.75, 3.05) is 0 Å². The summed E-state index contributed by atoms with van der Waals surface area (Å²) in [6.45, 7) is 8.60. The first-order chi connectivity index (χ1) is 6.50. The first-order valence-electron chi connectivity index (χ1n) is 4.88. The molecule has 1 heteroatoms. The van der Waals surface area contributed by atoms with Crippen LogP contribution in [0.2, 0.25) is 5.02 Å². The predicted molar refractivity (Wildman–Crippen MR) is 63.9 cm³/mol. The topological polar surface area (TPSA) is 0 Å². The van der Waals surface area contributed by atoms with E-state index in [4.69, 9.17) is 11.6 Å². The quantitative estimate of drug-likeness (QED) is 0.626. The van der Waals surface area contributed by atoms with Gasteiger partial charge in [0.2, 0.25) is 0 Å². The number of rotatable bonds is 2. The number of hydrogen-bond donors (Lipinski definition) is 0. The third-order valence-corrected chi connectivity index (χ3v) is 2.86. The van der Waals surface area contributed by atoms with E-state index in [1.54, 1.807) is 0 Å². The van der Waals surface area contributed by atoms with Gasteiger partial charge in [0.15, 0.2) is 0 Å². The summed E-state index contributed by atoms with van der Waals surface area (Å²) >= 11 is 5.96. The van der Waals surface area contributed by atoms with Crippen molar-refractivity contribution in [1.82, 2.24) is 0 Å². The number of halogens is 1. The summed E-state index contributed by atoms with van der Waals surface area (Å²) in [6.07, 6.45) is 1.01. The Balaban J connectivity index is 2.97. The van der Waals surface area contributed by atoms with Gasteiger partial charge in [-0.15, -0.1) is 0 Å². The molecule has 0 spiro atoms. The molecule has 0 aliphatic rings. The van der Waals surface area contributed by atoms with Gasteiger partial charge in [0.25, 0.3) is 0 Å². The monoisotopic (exact) mass is 208 g/mol. The average Bonchev–Trinajstić information content (AvgIpc) is 2.11. The zero-order chi connectivity index (χ0) is 10.7. The van der Waals surface area contributed by atoms with E-state index in [-0.39, 0.29) is 0 Å². The zero-order valence-electron chi connectivity index (χ0n) is 9.32. The Morgan fingerprint density at radius 2 is 1.86 bits per heavy atom. The SMILES string of the molecule is CC(C)=C(C)Cc1cc(Cl)ccc1C. The molecule has 1 aromatic carbocycles. The van der Waals surface area contributed by atoms with Gasteiger partial charge < -0.3 is 0 Å². The standard InChI is InChI=1S/C13H17Cl/c1-9(2)11(4)7-12-8-13(14)6-5-10(12)3/h5-6,8H,7H2,1-4H3. The minimum atomic E-state index is 0.826. The van der Waals surface area contributed by atoms with Gasteiger partial charge in [-0.3, -0.25) is 0 Å². The summed E-state index contributed by atoms with van der Waals surface area (Å²) < 4.78 is 0. The van der Waals surface area contributed by atoms with Crippen molar-refractivity contribution in [3.05, 3.63) is 45.5 Å². The molecule has 0 saturated carbocycles. The Morgan fingerprint density at radius 3 is 2.43 bits per heavy atom. The Labute approximate surface area is 91.6 Å². The Hall–Kier alpha value is -0.750. The van der Waals surface area contributed by atoms with Crippen LogP contribution in [0.1, 0.15) is 31.9 Å². The smallest absolute Gasteiger partial charge is 0.0409 e. The molecular formula is C13H17Cl. The highest BCUT2D eigenvalue weighted by Gasteiger charge is 2.01. The van der Waals surface area contributed by atoms with E-state index < -0.39 is 0 Å². The third kappa shape index (κ3) is 2.88. The molecule has 0 aliphatic heterocycles. The molecule has 0 aliphatic carbocycles. The summed E-state index contributed by atoms with van der Waals surface area (Å²) in [5.74, 6) is 0. The highest BCUT2D eigenvalue weighted by Crippen LogP contribution is 2.19. The molecule has 76 valence electrons. The van der Waals surface area contributed by atoms with Crippen molar-refractivity contribution in [3.63, 3.8) is 0 Å². The first kappa shape index (κ1) is 11.3. The summed E-state index contributed by atoms with van der Waals surface area (Å²) in [5, 5.41) is 0.826. The van der Waals surface area contributed by atoms with Crippen LogP contribution in [0.4, 0.5) is 0 Å². The zero-order valence-corrected chi connectivity index (χ0v) is 10.1. The van der Waals surface area contributed by atoms with Gasteiger partial charge >= 0.3 is 0 Å². The van der Waals surface area contributed by atoms with Crippen molar-refractivity contribution in [1.29, 1.82) is 0 Å². The molecule has 0 heterocycles. The van der Waals surface area contributed by atoms with Crippen LogP contribution in [-0.2, 0) is 6.42 Å². The van der Waals surface area contributed by atoms with Gasteiger partial charge in [0.05, 0.1) is 0 Å². The van der Waals surface area contributed by atoms with Gasteiger partial charge in [0.1, 0.15) is 0 Å². The van der Waals surface area contributed by atoms with E-state index >= 15 is 0 Å². The van der Waals surface area contributed by atoms with Gasteiger partial charge in [-0.25, -0.2) is 0 Å². The number of hydrogen-bond acceptors (Lipinski definition) is 0. The Morgan fingerprint density at radius 1 is 1.21 bits per heavy atom. The van der Waals surface area contributed by atoms with Crippen molar-refractivity contribution in [2.45, 2.75) is 34.1 Å². The Kier molecular flexibility index (Phi) is 3.77. The van der Waals surface area contributed by atoms with Crippen LogP contribution in [0.3, 0.4) is 0 Å². The second-order valence-corrected chi connectivity index (χ2v) is 4.46. The predicted octanol–water partition coefficient (Wildman–Crippen LogP) is 4.55. The normalized spacial score (nSPS) is 10.1. The van der Waals surface area contributed by atoms with Crippen molar-refractivity contribution < 1.29 is 0 Å². The van der Waals surface area contributed by atoms with Crippen LogP contribution in [-0.4, -0.2) is 0 Å². The van der Waals surface area contributed by atoms with Gasteiger partial charge in [-0.05, 0) is 57.4 Å². The highest BCUT2D eigenvalue weighted by molar-refractivity contribution is 6.30. The molecule has 0 radical (unpaired) electrons. The van der Waals surface area contributed by atoms with Crippen LogP contribution < -0.4 is 0 Å². The Bertz CT molecular complexity index is 357. The van der Waals surface area contributed by atoms with Crippen molar-refractivity contribution in [2.24, 2.45) is 0 Å². The minimum Gasteiger partial charge on any atom is -0.0843 e. The van der Waals surface area contributed by atoms with E-state index in [2.05, 4.69) is 39.8 Å². The summed E-state index contributed by atoms with van der Waals surface area (Å²) in [4.78, 5) is 0. The maximum Gasteiger partial charge on any atom is 0.0409 e. The van der Waals surface area contributed by atoms with E-state index in [1.807, 2.05) is 6.07 Å². The van der Waals surface area contributed by atoms with Gasteiger partial charge in [0, 0.05) is 5.02 Å². The lowest BCUT2D eigenvalue weighted by molar-refractivity contribution is 1.07. The fourth-order valence-electron chi connectivity index (χ4n) is 1.29. The molecule has 0 unspecified atom stereocenters. The third-order valence-electron chi connectivity index (χ3n) is 2.62. The van der Waals surface area contributed by atoms with Crippen LogP contribution in [0.5, 0.6) is 0 Å². The lowest BCUT2D eigenvalue weighted by atomic mass is 9.99. The van der Waals surface area contributed by atoms with Crippen LogP contribution in [0.25, 0.3) is 0 Å². The molecule has 0 nitrogen and oxygen atoms in total. The first-order valence-corrected chi connectivity index (χ1v) is 5.26. The molecule has 0 fully saturated rings. The molecule has 0 atom stereocenters. The molecule has 0 bridgehead atoms. The van der Waals surface area contributed by atoms with Crippen molar-refractivity contribution >= 4 is 11.6 Å². The summed E-state index contributed by atoms with van der Waals surface area (Å²) in [7, 11) is 0. The van der Waals surface area contributed by atoms with Crippen molar-refractivity contribution in [3.8, 4) is 0 Å². The fraction of sp³-hybridized carbons (Fsp3) is 0.385. The average molecular weight is 209 g/mol. The van der Waals surface area contributed by atoms with E-state index in [0.717, 1.165) is 11.4 Å². The minimum absolute atomic E-state index is 0.826. The van der Waals surface area contributed by atoms with Crippen LogP contribution in [0, 0.1) is 6.92 Å². The highest BCUT2D eigenvalue weighted by atomic mass is 35.5. The molecule has 0 amide bonds. The maximum absolute atomic E-state index is 5.96.